The lowest BCUT2D eigenvalue weighted by molar-refractivity contribution is 0.864. The molecule has 2 aromatic rings. The van der Waals surface area contributed by atoms with E-state index in [2.05, 4.69) is 38.5 Å². The maximum atomic E-state index is 6.29. The molecular weight excluding hydrogens is 448 g/mol. The second-order valence-electron chi connectivity index (χ2n) is 3.81. The molecule has 0 aliphatic heterocycles. The Labute approximate surface area is 138 Å². The summed E-state index contributed by atoms with van der Waals surface area (Å²) < 4.78 is 2.09. The molecule has 0 saturated heterocycles. The van der Waals surface area contributed by atoms with E-state index in [-0.39, 0.29) is 6.04 Å². The zero-order valence-electron chi connectivity index (χ0n) is 9.13. The number of rotatable bonds is 2. The Kier molecular flexibility index (Phi) is 4.94. The van der Waals surface area contributed by atoms with Crippen LogP contribution in [0.3, 0.4) is 0 Å². The highest BCUT2D eigenvalue weighted by atomic mass is 127. The average molecular weight is 457 g/mol. The molecule has 2 aromatic carbocycles. The first-order chi connectivity index (χ1) is 8.49. The van der Waals surface area contributed by atoms with E-state index in [0.29, 0.717) is 10.0 Å². The molecule has 0 aliphatic carbocycles. The maximum Gasteiger partial charge on any atom is 0.0577 e. The third kappa shape index (κ3) is 3.20. The second-order valence-corrected chi connectivity index (χ2v) is 6.73. The van der Waals surface area contributed by atoms with E-state index in [4.69, 9.17) is 28.9 Å². The fraction of sp³-hybridized carbons (Fsp3) is 0.0769. The third-order valence-corrected chi connectivity index (χ3v) is 4.64. The first-order valence-electron chi connectivity index (χ1n) is 5.14. The lowest BCUT2D eigenvalue weighted by atomic mass is 10.00. The van der Waals surface area contributed by atoms with E-state index < -0.39 is 0 Å². The van der Waals surface area contributed by atoms with Crippen molar-refractivity contribution in [1.82, 2.24) is 0 Å². The molecule has 0 fully saturated rings. The van der Waals surface area contributed by atoms with Crippen LogP contribution in [-0.4, -0.2) is 0 Å². The Morgan fingerprint density at radius 1 is 1.06 bits per heavy atom. The molecule has 1 unspecified atom stereocenters. The number of benzene rings is 2. The van der Waals surface area contributed by atoms with Gasteiger partial charge in [0.25, 0.3) is 0 Å². The van der Waals surface area contributed by atoms with Gasteiger partial charge in [-0.25, -0.2) is 0 Å². The number of hydrogen-bond acceptors (Lipinski definition) is 1. The molecule has 94 valence electrons. The van der Waals surface area contributed by atoms with Crippen LogP contribution in [0, 0.1) is 3.57 Å². The number of hydrogen-bond donors (Lipinski definition) is 1. The van der Waals surface area contributed by atoms with Gasteiger partial charge in [0.15, 0.2) is 0 Å². The molecule has 1 atom stereocenters. The molecule has 18 heavy (non-hydrogen) atoms. The fourth-order valence-corrected chi connectivity index (χ4v) is 3.14. The Hall–Kier alpha value is 0.190. The zero-order valence-corrected chi connectivity index (χ0v) is 14.4. The highest BCUT2D eigenvalue weighted by molar-refractivity contribution is 14.1. The molecule has 1 nitrogen and oxygen atoms in total. The SMILES string of the molecule is NC(c1cc(Cl)ccc1Cl)c1cc(Br)ccc1I. The van der Waals surface area contributed by atoms with Crippen molar-refractivity contribution >= 4 is 61.7 Å². The number of halogens is 4. The number of nitrogens with two attached hydrogens (primary N) is 1. The molecular formula is C13H9BrCl2IN. The molecule has 0 bridgehead atoms. The minimum atomic E-state index is -0.291. The molecule has 0 aromatic heterocycles. The van der Waals surface area contributed by atoms with Gasteiger partial charge in [0, 0.05) is 18.1 Å². The van der Waals surface area contributed by atoms with Crippen molar-refractivity contribution in [3.8, 4) is 0 Å². The van der Waals surface area contributed by atoms with E-state index >= 15 is 0 Å². The Balaban J connectivity index is 2.50. The average Bonchev–Trinajstić information content (AvgIpc) is 2.34. The maximum absolute atomic E-state index is 6.29. The Morgan fingerprint density at radius 2 is 1.78 bits per heavy atom. The van der Waals surface area contributed by atoms with Gasteiger partial charge < -0.3 is 5.73 Å². The van der Waals surface area contributed by atoms with Gasteiger partial charge in [-0.15, -0.1) is 0 Å². The van der Waals surface area contributed by atoms with Crippen LogP contribution in [0.5, 0.6) is 0 Å². The zero-order chi connectivity index (χ0) is 13.3. The molecule has 0 saturated carbocycles. The van der Waals surface area contributed by atoms with Gasteiger partial charge in [-0.05, 0) is 70.1 Å². The molecule has 2 rings (SSSR count). The summed E-state index contributed by atoms with van der Waals surface area (Å²) in [6.45, 7) is 0. The predicted octanol–water partition coefficient (Wildman–Crippen LogP) is 5.41. The van der Waals surface area contributed by atoms with Crippen LogP contribution in [0.25, 0.3) is 0 Å². The van der Waals surface area contributed by atoms with Crippen molar-refractivity contribution in [2.45, 2.75) is 6.04 Å². The van der Waals surface area contributed by atoms with Crippen LogP contribution < -0.4 is 5.73 Å². The Bertz CT molecular complexity index is 538. The highest BCUT2D eigenvalue weighted by Crippen LogP contribution is 2.32. The van der Waals surface area contributed by atoms with E-state index in [0.717, 1.165) is 19.2 Å². The molecule has 5 heteroatoms. The van der Waals surface area contributed by atoms with Gasteiger partial charge in [-0.2, -0.15) is 0 Å². The van der Waals surface area contributed by atoms with Crippen LogP contribution in [0.1, 0.15) is 17.2 Å². The Morgan fingerprint density at radius 3 is 2.50 bits per heavy atom. The van der Waals surface area contributed by atoms with Crippen LogP contribution in [0.4, 0.5) is 0 Å². The minimum Gasteiger partial charge on any atom is -0.320 e. The van der Waals surface area contributed by atoms with Crippen molar-refractivity contribution in [3.05, 3.63) is 65.6 Å². The highest BCUT2D eigenvalue weighted by Gasteiger charge is 2.16. The van der Waals surface area contributed by atoms with Gasteiger partial charge >= 0.3 is 0 Å². The summed E-state index contributed by atoms with van der Waals surface area (Å²) in [5.41, 5.74) is 8.14. The predicted molar refractivity (Wildman–Crippen MR) is 89.4 cm³/mol. The standard InChI is InChI=1S/C13H9BrCl2IN/c14-7-1-4-12(17)10(5-7)13(18)9-6-8(15)2-3-11(9)16/h1-6,13H,18H2. The van der Waals surface area contributed by atoms with E-state index in [1.807, 2.05) is 24.3 Å². The normalized spacial score (nSPS) is 12.5. The van der Waals surface area contributed by atoms with Crippen molar-refractivity contribution in [2.24, 2.45) is 5.73 Å². The summed E-state index contributed by atoms with van der Waals surface area (Å²) in [6, 6.07) is 11.0. The molecule has 0 radical (unpaired) electrons. The van der Waals surface area contributed by atoms with E-state index in [1.54, 1.807) is 12.1 Å². The van der Waals surface area contributed by atoms with Gasteiger partial charge in [-0.1, -0.05) is 39.1 Å². The van der Waals surface area contributed by atoms with Crippen LogP contribution >= 0.6 is 61.7 Å². The molecule has 0 spiro atoms. The van der Waals surface area contributed by atoms with Crippen LogP contribution in [-0.2, 0) is 0 Å². The van der Waals surface area contributed by atoms with Gasteiger partial charge in [-0.3, -0.25) is 0 Å². The van der Waals surface area contributed by atoms with Crippen molar-refractivity contribution in [3.63, 3.8) is 0 Å². The fourth-order valence-electron chi connectivity index (χ4n) is 1.67. The lowest BCUT2D eigenvalue weighted by Crippen LogP contribution is -2.14. The third-order valence-electron chi connectivity index (χ3n) is 2.59. The van der Waals surface area contributed by atoms with Crippen molar-refractivity contribution in [2.75, 3.05) is 0 Å². The lowest BCUT2D eigenvalue weighted by Gasteiger charge is -2.16. The molecule has 2 N–H and O–H groups in total. The van der Waals surface area contributed by atoms with Crippen LogP contribution in [0.15, 0.2) is 40.9 Å². The van der Waals surface area contributed by atoms with Crippen molar-refractivity contribution in [1.29, 1.82) is 0 Å². The first kappa shape index (κ1) is 14.6. The summed E-state index contributed by atoms with van der Waals surface area (Å²) in [5.74, 6) is 0. The topological polar surface area (TPSA) is 26.0 Å². The van der Waals surface area contributed by atoms with Gasteiger partial charge in [0.2, 0.25) is 0 Å². The second kappa shape index (κ2) is 6.09. The van der Waals surface area contributed by atoms with Gasteiger partial charge in [0.1, 0.15) is 0 Å². The smallest absolute Gasteiger partial charge is 0.0577 e. The summed E-state index contributed by atoms with van der Waals surface area (Å²) in [6.07, 6.45) is 0. The summed E-state index contributed by atoms with van der Waals surface area (Å²) in [5, 5.41) is 1.26. The summed E-state index contributed by atoms with van der Waals surface area (Å²) in [7, 11) is 0. The summed E-state index contributed by atoms with van der Waals surface area (Å²) in [4.78, 5) is 0. The van der Waals surface area contributed by atoms with E-state index in [9.17, 15) is 0 Å². The largest absolute Gasteiger partial charge is 0.320 e. The monoisotopic (exact) mass is 455 g/mol. The van der Waals surface area contributed by atoms with E-state index in [1.165, 1.54) is 0 Å². The summed E-state index contributed by atoms with van der Waals surface area (Å²) >= 11 is 17.9. The van der Waals surface area contributed by atoms with Crippen LogP contribution in [0.2, 0.25) is 10.0 Å². The van der Waals surface area contributed by atoms with Crippen molar-refractivity contribution < 1.29 is 0 Å². The van der Waals surface area contributed by atoms with Gasteiger partial charge in [0.05, 0.1) is 6.04 Å². The quantitative estimate of drug-likeness (QED) is 0.601. The molecule has 0 aliphatic rings. The first-order valence-corrected chi connectivity index (χ1v) is 7.77. The molecule has 0 amide bonds. The molecule has 0 heterocycles. The minimum absolute atomic E-state index is 0.291.